The number of halogens is 1. The lowest BCUT2D eigenvalue weighted by molar-refractivity contribution is 0.559. The van der Waals surface area contributed by atoms with Crippen molar-refractivity contribution in [1.82, 2.24) is 10.3 Å². The predicted molar refractivity (Wildman–Crippen MR) is 95.2 cm³/mol. The summed E-state index contributed by atoms with van der Waals surface area (Å²) in [6.07, 6.45) is 0.930. The maximum atomic E-state index is 4.81. The number of likely N-dealkylation sites (N-methyl/N-ethyl adjacent to an activating group) is 1. The molecule has 114 valence electrons. The number of nitrogens with one attached hydrogen (secondary N) is 1. The van der Waals surface area contributed by atoms with Crippen LogP contribution in [0.5, 0.6) is 0 Å². The summed E-state index contributed by atoms with van der Waals surface area (Å²) in [5.41, 5.74) is 3.95. The number of hydrogen-bond acceptors (Lipinski definition) is 3. The molecule has 0 radical (unpaired) electrons. The van der Waals surface area contributed by atoms with Gasteiger partial charge >= 0.3 is 0 Å². The highest BCUT2D eigenvalue weighted by Crippen LogP contribution is 2.28. The quantitative estimate of drug-likeness (QED) is 0.821. The number of aromatic nitrogens is 1. The molecule has 2 aromatic rings. The van der Waals surface area contributed by atoms with Crippen molar-refractivity contribution in [1.29, 1.82) is 0 Å². The van der Waals surface area contributed by atoms with Gasteiger partial charge in [0.2, 0.25) is 0 Å². The monoisotopic (exact) mass is 366 g/mol. The van der Waals surface area contributed by atoms with Crippen LogP contribution >= 0.6 is 27.3 Å². The molecule has 1 heterocycles. The highest BCUT2D eigenvalue weighted by Gasteiger charge is 2.19. The molecule has 1 N–H and O–H groups in total. The molecule has 1 aromatic carbocycles. The minimum atomic E-state index is 0.122. The Bertz CT molecular complexity index is 613. The molecule has 0 aliphatic rings. The van der Waals surface area contributed by atoms with Gasteiger partial charge < -0.3 is 5.32 Å². The summed E-state index contributed by atoms with van der Waals surface area (Å²) < 4.78 is 1.13. The van der Waals surface area contributed by atoms with Crippen molar-refractivity contribution in [2.75, 3.05) is 7.05 Å². The van der Waals surface area contributed by atoms with Gasteiger partial charge in [0, 0.05) is 27.7 Å². The van der Waals surface area contributed by atoms with E-state index >= 15 is 0 Å². The molecule has 2 rings (SSSR count). The summed E-state index contributed by atoms with van der Waals surface area (Å²) in [6.45, 7) is 8.79. The highest BCUT2D eigenvalue weighted by atomic mass is 79.9. The van der Waals surface area contributed by atoms with E-state index in [9.17, 15) is 0 Å². The van der Waals surface area contributed by atoms with Gasteiger partial charge in [-0.15, -0.1) is 11.3 Å². The van der Waals surface area contributed by atoms with Gasteiger partial charge in [-0.1, -0.05) is 42.8 Å². The number of thiazole rings is 1. The molecule has 0 saturated heterocycles. The van der Waals surface area contributed by atoms with Gasteiger partial charge in [-0.25, -0.2) is 4.98 Å². The summed E-state index contributed by atoms with van der Waals surface area (Å²) in [6, 6.07) is 6.77. The first-order chi connectivity index (χ1) is 9.81. The Morgan fingerprint density at radius 1 is 1.33 bits per heavy atom. The van der Waals surface area contributed by atoms with Crippen LogP contribution in [-0.2, 0) is 11.8 Å². The average molecular weight is 367 g/mol. The van der Waals surface area contributed by atoms with Gasteiger partial charge in [0.05, 0.1) is 10.7 Å². The van der Waals surface area contributed by atoms with Crippen molar-refractivity contribution >= 4 is 27.3 Å². The maximum Gasteiger partial charge on any atom is 0.0947 e. The van der Waals surface area contributed by atoms with Crippen LogP contribution in [0.1, 0.15) is 48.6 Å². The first kappa shape index (κ1) is 16.7. The Labute approximate surface area is 140 Å². The van der Waals surface area contributed by atoms with Crippen LogP contribution in [0.15, 0.2) is 28.1 Å². The van der Waals surface area contributed by atoms with Gasteiger partial charge in [0.15, 0.2) is 0 Å². The number of hydrogen-bond donors (Lipinski definition) is 1. The molecule has 0 fully saturated rings. The first-order valence-corrected chi connectivity index (χ1v) is 8.86. The molecule has 21 heavy (non-hydrogen) atoms. The van der Waals surface area contributed by atoms with Gasteiger partial charge in [-0.3, -0.25) is 0 Å². The molecule has 0 spiro atoms. The topological polar surface area (TPSA) is 24.9 Å². The first-order valence-electron chi connectivity index (χ1n) is 7.19. The zero-order valence-electron chi connectivity index (χ0n) is 13.3. The zero-order valence-corrected chi connectivity index (χ0v) is 15.7. The molecule has 0 aliphatic carbocycles. The number of rotatable bonds is 4. The van der Waals surface area contributed by atoms with E-state index in [1.807, 2.05) is 7.05 Å². The summed E-state index contributed by atoms with van der Waals surface area (Å²) in [4.78, 5) is 4.81. The van der Waals surface area contributed by atoms with Gasteiger partial charge in [0.25, 0.3) is 0 Å². The summed E-state index contributed by atoms with van der Waals surface area (Å²) >= 11 is 5.29. The minimum absolute atomic E-state index is 0.122. The van der Waals surface area contributed by atoms with Crippen molar-refractivity contribution in [3.05, 3.63) is 49.9 Å². The lowest BCUT2D eigenvalue weighted by atomic mass is 9.93. The molecule has 4 heteroatoms. The van der Waals surface area contributed by atoms with Crippen molar-refractivity contribution in [3.63, 3.8) is 0 Å². The van der Waals surface area contributed by atoms with Crippen LogP contribution in [0, 0.1) is 6.92 Å². The van der Waals surface area contributed by atoms with Crippen molar-refractivity contribution in [2.45, 2.75) is 45.6 Å². The molecular weight excluding hydrogens is 344 g/mol. The third-order valence-electron chi connectivity index (χ3n) is 3.65. The van der Waals surface area contributed by atoms with E-state index in [4.69, 9.17) is 4.98 Å². The van der Waals surface area contributed by atoms with E-state index in [0.29, 0.717) is 6.04 Å². The second-order valence-electron chi connectivity index (χ2n) is 6.42. The Morgan fingerprint density at radius 2 is 2.05 bits per heavy atom. The van der Waals surface area contributed by atoms with Crippen LogP contribution in [0.3, 0.4) is 0 Å². The lowest BCUT2D eigenvalue weighted by Crippen LogP contribution is -2.20. The molecule has 0 bridgehead atoms. The molecule has 1 unspecified atom stereocenters. The normalized spacial score (nSPS) is 13.4. The molecular formula is C17H23BrN2S. The molecule has 0 saturated carbocycles. The molecule has 0 amide bonds. The maximum absolute atomic E-state index is 4.81. The SMILES string of the molecule is CNC(Cc1nc(C(C)(C)C)cs1)c1ccc(Br)cc1C. The standard InChI is InChI=1S/C17H23BrN2S/c1-11-8-12(18)6-7-13(11)14(19-5)9-16-20-15(10-21-16)17(2,3)4/h6-8,10,14,19H,9H2,1-5H3. The Morgan fingerprint density at radius 3 is 2.57 bits per heavy atom. The van der Waals surface area contributed by atoms with Gasteiger partial charge in [0.1, 0.15) is 0 Å². The largest absolute Gasteiger partial charge is 0.313 e. The van der Waals surface area contributed by atoms with Crippen LogP contribution in [0.2, 0.25) is 0 Å². The van der Waals surface area contributed by atoms with Crippen LogP contribution in [0.25, 0.3) is 0 Å². The van der Waals surface area contributed by atoms with Crippen molar-refractivity contribution < 1.29 is 0 Å². The van der Waals surface area contributed by atoms with Gasteiger partial charge in [-0.05, 0) is 37.2 Å². The summed E-state index contributed by atoms with van der Waals surface area (Å²) in [5.74, 6) is 0. The number of nitrogens with zero attached hydrogens (tertiary/aromatic N) is 1. The van der Waals surface area contributed by atoms with E-state index < -0.39 is 0 Å². The lowest BCUT2D eigenvalue weighted by Gasteiger charge is -2.18. The fraction of sp³-hybridized carbons (Fsp3) is 0.471. The molecule has 2 nitrogen and oxygen atoms in total. The third kappa shape index (κ3) is 4.15. The van der Waals surface area contributed by atoms with Gasteiger partial charge in [-0.2, -0.15) is 0 Å². The third-order valence-corrected chi connectivity index (χ3v) is 5.02. The van der Waals surface area contributed by atoms with E-state index in [1.165, 1.54) is 21.8 Å². The predicted octanol–water partition coefficient (Wildman–Crippen LogP) is 5.01. The van der Waals surface area contributed by atoms with Crippen LogP contribution in [0.4, 0.5) is 0 Å². The minimum Gasteiger partial charge on any atom is -0.313 e. The van der Waals surface area contributed by atoms with Crippen molar-refractivity contribution in [3.8, 4) is 0 Å². The average Bonchev–Trinajstić information content (AvgIpc) is 2.85. The second kappa shape index (κ2) is 6.59. The molecule has 0 aliphatic heterocycles. The van der Waals surface area contributed by atoms with E-state index in [0.717, 1.165) is 10.9 Å². The molecule has 1 atom stereocenters. The Kier molecular flexibility index (Phi) is 5.23. The van der Waals surface area contributed by atoms with E-state index in [2.05, 4.69) is 72.5 Å². The molecule has 1 aromatic heterocycles. The highest BCUT2D eigenvalue weighted by molar-refractivity contribution is 9.10. The van der Waals surface area contributed by atoms with E-state index in [-0.39, 0.29) is 5.41 Å². The van der Waals surface area contributed by atoms with Crippen LogP contribution < -0.4 is 5.32 Å². The summed E-state index contributed by atoms with van der Waals surface area (Å²) in [7, 11) is 2.02. The Balaban J connectivity index is 2.21. The Hall–Kier alpha value is -0.710. The van der Waals surface area contributed by atoms with Crippen LogP contribution in [-0.4, -0.2) is 12.0 Å². The van der Waals surface area contributed by atoms with E-state index in [1.54, 1.807) is 11.3 Å². The smallest absolute Gasteiger partial charge is 0.0947 e. The van der Waals surface area contributed by atoms with Crippen molar-refractivity contribution in [2.24, 2.45) is 0 Å². The fourth-order valence-electron chi connectivity index (χ4n) is 2.32. The summed E-state index contributed by atoms with van der Waals surface area (Å²) in [5, 5.41) is 6.81. The fourth-order valence-corrected chi connectivity index (χ4v) is 3.86. The second-order valence-corrected chi connectivity index (χ2v) is 8.28. The zero-order chi connectivity index (χ0) is 15.6. The number of benzene rings is 1. The number of aryl methyl sites for hydroxylation is 1.